The van der Waals surface area contributed by atoms with Gasteiger partial charge in [-0.3, -0.25) is 9.59 Å². The van der Waals surface area contributed by atoms with Crippen LogP contribution in [0.2, 0.25) is 5.02 Å². The maximum absolute atomic E-state index is 11.8. The molecule has 17 heavy (non-hydrogen) atoms. The van der Waals surface area contributed by atoms with Crippen LogP contribution in [0.3, 0.4) is 0 Å². The van der Waals surface area contributed by atoms with Gasteiger partial charge in [0.15, 0.2) is 0 Å². The fourth-order valence-corrected chi connectivity index (χ4v) is 1.48. The zero-order chi connectivity index (χ0) is 13.0. The van der Waals surface area contributed by atoms with Crippen LogP contribution in [-0.2, 0) is 4.79 Å². The summed E-state index contributed by atoms with van der Waals surface area (Å²) in [5.41, 5.74) is 0.329. The predicted octanol–water partition coefficient (Wildman–Crippen LogP) is 1.51. The van der Waals surface area contributed by atoms with Crippen LogP contribution >= 0.6 is 11.6 Å². The van der Waals surface area contributed by atoms with Gasteiger partial charge in [-0.1, -0.05) is 11.6 Å². The summed E-state index contributed by atoms with van der Waals surface area (Å²) < 4.78 is 4.98. The smallest absolute Gasteiger partial charge is 0.323 e. The molecule has 0 unspecified atom stereocenters. The summed E-state index contributed by atoms with van der Waals surface area (Å²) in [7, 11) is 2.86. The van der Waals surface area contributed by atoms with Gasteiger partial charge in [0.05, 0.1) is 12.1 Å². The summed E-state index contributed by atoms with van der Waals surface area (Å²) in [5, 5.41) is 8.98. The third-order valence-electron chi connectivity index (χ3n) is 2.12. The molecular formula is C11H12ClNO4. The number of nitrogens with zero attached hydrogens (tertiary/aromatic N) is 1. The Morgan fingerprint density at radius 2 is 2.12 bits per heavy atom. The van der Waals surface area contributed by atoms with Crippen molar-refractivity contribution in [3.63, 3.8) is 0 Å². The van der Waals surface area contributed by atoms with Gasteiger partial charge in [0.2, 0.25) is 0 Å². The lowest BCUT2D eigenvalue weighted by Crippen LogP contribution is -2.31. The van der Waals surface area contributed by atoms with Gasteiger partial charge >= 0.3 is 5.97 Å². The van der Waals surface area contributed by atoms with E-state index in [2.05, 4.69) is 0 Å². The van der Waals surface area contributed by atoms with Crippen LogP contribution in [0.4, 0.5) is 0 Å². The number of hydrogen-bond donors (Lipinski definition) is 1. The number of carbonyl (C=O) groups is 2. The van der Waals surface area contributed by atoms with E-state index in [9.17, 15) is 9.59 Å². The molecule has 92 valence electrons. The maximum atomic E-state index is 11.8. The molecule has 0 radical (unpaired) electrons. The van der Waals surface area contributed by atoms with Crippen LogP contribution in [0.5, 0.6) is 5.75 Å². The number of carboxylic acids is 1. The average molecular weight is 258 g/mol. The van der Waals surface area contributed by atoms with E-state index in [-0.39, 0.29) is 6.54 Å². The molecular weight excluding hydrogens is 246 g/mol. The number of carboxylic acid groups (broad SMARTS) is 1. The maximum Gasteiger partial charge on any atom is 0.323 e. The monoisotopic (exact) mass is 257 g/mol. The molecule has 0 bridgehead atoms. The minimum absolute atomic E-state index is 0.329. The first-order chi connectivity index (χ1) is 7.95. The fourth-order valence-electron chi connectivity index (χ4n) is 1.29. The number of methoxy groups -OCH3 is 1. The lowest BCUT2D eigenvalue weighted by Gasteiger charge is -2.15. The van der Waals surface area contributed by atoms with Gasteiger partial charge in [-0.05, 0) is 18.2 Å². The number of benzene rings is 1. The molecule has 0 atom stereocenters. The Bertz CT molecular complexity index is 447. The first-order valence-electron chi connectivity index (χ1n) is 4.76. The van der Waals surface area contributed by atoms with Gasteiger partial charge in [-0.15, -0.1) is 0 Å². The average Bonchev–Trinajstić information content (AvgIpc) is 2.27. The van der Waals surface area contributed by atoms with Crippen molar-refractivity contribution in [1.29, 1.82) is 0 Å². The van der Waals surface area contributed by atoms with Gasteiger partial charge in [-0.2, -0.15) is 0 Å². The van der Waals surface area contributed by atoms with Crippen molar-refractivity contribution in [2.24, 2.45) is 0 Å². The quantitative estimate of drug-likeness (QED) is 0.888. The van der Waals surface area contributed by atoms with E-state index in [1.165, 1.54) is 32.4 Å². The highest BCUT2D eigenvalue weighted by molar-refractivity contribution is 6.32. The minimum Gasteiger partial charge on any atom is -0.495 e. The lowest BCUT2D eigenvalue weighted by molar-refractivity contribution is -0.137. The number of ether oxygens (including phenoxy) is 1. The molecule has 5 nitrogen and oxygen atoms in total. The number of rotatable bonds is 4. The molecule has 0 saturated heterocycles. The summed E-state index contributed by atoms with van der Waals surface area (Å²) >= 11 is 5.82. The normalized spacial score (nSPS) is 9.82. The van der Waals surface area contributed by atoms with Crippen LogP contribution in [0.15, 0.2) is 18.2 Å². The number of carbonyl (C=O) groups excluding carboxylic acids is 1. The molecule has 0 heterocycles. The van der Waals surface area contributed by atoms with Gasteiger partial charge in [0.1, 0.15) is 12.3 Å². The number of amides is 1. The molecule has 1 aromatic carbocycles. The number of likely N-dealkylation sites (N-methyl/N-ethyl adjacent to an activating group) is 1. The number of aliphatic carboxylic acids is 1. The molecule has 1 aromatic rings. The molecule has 0 spiro atoms. The molecule has 0 aliphatic carbocycles. The Morgan fingerprint density at radius 1 is 1.47 bits per heavy atom. The largest absolute Gasteiger partial charge is 0.495 e. The van der Waals surface area contributed by atoms with Crippen LogP contribution in [-0.4, -0.2) is 42.6 Å². The topological polar surface area (TPSA) is 66.8 Å². The zero-order valence-corrected chi connectivity index (χ0v) is 10.2. The summed E-state index contributed by atoms with van der Waals surface area (Å²) in [6, 6.07) is 4.52. The summed E-state index contributed by atoms with van der Waals surface area (Å²) in [6.07, 6.45) is 0. The van der Waals surface area contributed by atoms with Crippen molar-refractivity contribution in [3.8, 4) is 5.75 Å². The second kappa shape index (κ2) is 5.54. The van der Waals surface area contributed by atoms with Crippen molar-refractivity contribution in [2.75, 3.05) is 20.7 Å². The first-order valence-corrected chi connectivity index (χ1v) is 5.14. The standard InChI is InChI=1S/C11H12ClNO4/c1-13(6-10(14)15)11(16)7-3-4-8(12)9(5-7)17-2/h3-5H,6H2,1-2H3,(H,14,15). The minimum atomic E-state index is -1.07. The van der Waals surface area contributed by atoms with Gasteiger partial charge < -0.3 is 14.7 Å². The van der Waals surface area contributed by atoms with Crippen molar-refractivity contribution in [1.82, 2.24) is 4.90 Å². The Balaban J connectivity index is 2.92. The molecule has 0 saturated carbocycles. The number of hydrogen-bond acceptors (Lipinski definition) is 3. The lowest BCUT2D eigenvalue weighted by atomic mass is 10.2. The van der Waals surface area contributed by atoms with Crippen molar-refractivity contribution >= 4 is 23.5 Å². The molecule has 1 amide bonds. The molecule has 0 aliphatic heterocycles. The van der Waals surface area contributed by atoms with E-state index >= 15 is 0 Å². The predicted molar refractivity (Wildman–Crippen MR) is 62.6 cm³/mol. The van der Waals surface area contributed by atoms with E-state index < -0.39 is 11.9 Å². The Labute approximate surface area is 104 Å². The van der Waals surface area contributed by atoms with E-state index in [1.54, 1.807) is 0 Å². The van der Waals surface area contributed by atoms with Crippen LogP contribution < -0.4 is 4.74 Å². The van der Waals surface area contributed by atoms with Crippen LogP contribution in [0, 0.1) is 0 Å². The number of halogens is 1. The van der Waals surface area contributed by atoms with E-state index in [4.69, 9.17) is 21.4 Å². The molecule has 1 rings (SSSR count). The van der Waals surface area contributed by atoms with E-state index in [0.717, 1.165) is 4.90 Å². The molecule has 1 N–H and O–H groups in total. The summed E-state index contributed by atoms with van der Waals surface area (Å²) in [5.74, 6) is -1.09. The van der Waals surface area contributed by atoms with Gasteiger partial charge in [0.25, 0.3) is 5.91 Å². The highest BCUT2D eigenvalue weighted by Gasteiger charge is 2.15. The van der Waals surface area contributed by atoms with Crippen LogP contribution in [0.1, 0.15) is 10.4 Å². The van der Waals surface area contributed by atoms with Gasteiger partial charge in [0, 0.05) is 12.6 Å². The SMILES string of the molecule is COc1cc(C(=O)N(C)CC(=O)O)ccc1Cl. The highest BCUT2D eigenvalue weighted by atomic mass is 35.5. The fraction of sp³-hybridized carbons (Fsp3) is 0.273. The Kier molecular flexibility index (Phi) is 4.34. The molecule has 6 heteroatoms. The van der Waals surface area contributed by atoms with Crippen molar-refractivity contribution in [2.45, 2.75) is 0 Å². The molecule has 0 fully saturated rings. The first kappa shape index (κ1) is 13.3. The third kappa shape index (κ3) is 3.35. The van der Waals surface area contributed by atoms with Gasteiger partial charge in [-0.25, -0.2) is 0 Å². The van der Waals surface area contributed by atoms with E-state index in [0.29, 0.717) is 16.3 Å². The van der Waals surface area contributed by atoms with Crippen molar-refractivity contribution < 1.29 is 19.4 Å². The molecule has 0 aromatic heterocycles. The van der Waals surface area contributed by atoms with Crippen molar-refractivity contribution in [3.05, 3.63) is 28.8 Å². The second-order valence-electron chi connectivity index (χ2n) is 3.40. The Morgan fingerprint density at radius 3 is 2.65 bits per heavy atom. The molecule has 0 aliphatic rings. The third-order valence-corrected chi connectivity index (χ3v) is 2.43. The zero-order valence-electron chi connectivity index (χ0n) is 9.44. The summed E-state index contributed by atoms with van der Waals surface area (Å²) in [4.78, 5) is 23.4. The second-order valence-corrected chi connectivity index (χ2v) is 3.81. The summed E-state index contributed by atoms with van der Waals surface area (Å²) in [6.45, 7) is -0.357. The Hall–Kier alpha value is -1.75. The van der Waals surface area contributed by atoms with Crippen LogP contribution in [0.25, 0.3) is 0 Å². The highest BCUT2D eigenvalue weighted by Crippen LogP contribution is 2.25. The van der Waals surface area contributed by atoms with E-state index in [1.807, 2.05) is 0 Å².